The smallest absolute Gasteiger partial charge is 0.315 e. The minimum absolute atomic E-state index is 0.136. The molecule has 2 aromatic carbocycles. The van der Waals surface area contributed by atoms with E-state index in [1.807, 2.05) is 36.6 Å². The molecule has 0 aliphatic carbocycles. The topological polar surface area (TPSA) is 45.2 Å². The lowest BCUT2D eigenvalue weighted by molar-refractivity contribution is -0.137. The number of anilines is 1. The summed E-state index contributed by atoms with van der Waals surface area (Å²) in [4.78, 5) is 19.2. The van der Waals surface area contributed by atoms with E-state index in [4.69, 9.17) is 4.98 Å². The quantitative estimate of drug-likeness (QED) is 0.514. The van der Waals surface area contributed by atoms with Crippen LogP contribution in [-0.2, 0) is 6.18 Å². The van der Waals surface area contributed by atoms with Crippen LogP contribution in [0.5, 0.6) is 0 Å². The van der Waals surface area contributed by atoms with Crippen molar-refractivity contribution in [3.63, 3.8) is 0 Å². The second-order valence-electron chi connectivity index (χ2n) is 7.29. The largest absolute Gasteiger partial charge is 0.416 e. The first-order chi connectivity index (χ1) is 14.3. The first kappa shape index (κ1) is 20.4. The van der Waals surface area contributed by atoms with E-state index in [2.05, 4.69) is 5.32 Å². The van der Waals surface area contributed by atoms with Crippen molar-refractivity contribution in [1.82, 2.24) is 9.88 Å². The highest BCUT2D eigenvalue weighted by Gasteiger charge is 2.33. The molecule has 2 heterocycles. The molecular formula is C22H20F3N3OS. The number of urea groups is 1. The van der Waals surface area contributed by atoms with Crippen LogP contribution in [0.4, 0.5) is 23.7 Å². The van der Waals surface area contributed by atoms with Crippen molar-refractivity contribution in [2.75, 3.05) is 11.9 Å². The van der Waals surface area contributed by atoms with Crippen molar-refractivity contribution >= 4 is 23.1 Å². The molecule has 4 nitrogen and oxygen atoms in total. The lowest BCUT2D eigenvalue weighted by Crippen LogP contribution is -2.34. The molecule has 156 valence electrons. The van der Waals surface area contributed by atoms with Crippen LogP contribution in [-0.4, -0.2) is 22.5 Å². The van der Waals surface area contributed by atoms with E-state index in [1.165, 1.54) is 29.0 Å². The van der Waals surface area contributed by atoms with Crippen molar-refractivity contribution < 1.29 is 18.0 Å². The summed E-state index contributed by atoms with van der Waals surface area (Å²) < 4.78 is 38.1. The molecule has 0 radical (unpaired) electrons. The maximum Gasteiger partial charge on any atom is 0.416 e. The minimum atomic E-state index is -4.40. The number of likely N-dealkylation sites (tertiary alicyclic amines) is 1. The van der Waals surface area contributed by atoms with Gasteiger partial charge in [0.1, 0.15) is 5.01 Å². The maximum atomic E-state index is 12.8. The summed E-state index contributed by atoms with van der Waals surface area (Å²) >= 11 is 1.52. The van der Waals surface area contributed by atoms with Crippen LogP contribution in [0, 0.1) is 6.92 Å². The fourth-order valence-corrected chi connectivity index (χ4v) is 4.48. The molecule has 1 atom stereocenters. The fourth-order valence-electron chi connectivity index (χ4n) is 3.50. The zero-order chi connectivity index (χ0) is 21.3. The zero-order valence-corrected chi connectivity index (χ0v) is 17.1. The average Bonchev–Trinajstić information content (AvgIpc) is 3.38. The number of alkyl halides is 3. The number of halogens is 3. The molecule has 4 rings (SSSR count). The highest BCUT2D eigenvalue weighted by Crippen LogP contribution is 2.36. The Bertz CT molecular complexity index is 1030. The van der Waals surface area contributed by atoms with Crippen LogP contribution in [0.3, 0.4) is 0 Å². The Morgan fingerprint density at radius 3 is 2.50 bits per heavy atom. The summed E-state index contributed by atoms with van der Waals surface area (Å²) in [6, 6.07) is 12.1. The number of nitrogens with one attached hydrogen (secondary N) is 1. The normalized spacial score (nSPS) is 16.7. The van der Waals surface area contributed by atoms with Crippen molar-refractivity contribution in [3.8, 4) is 11.3 Å². The summed E-state index contributed by atoms with van der Waals surface area (Å²) in [6.45, 7) is 2.61. The van der Waals surface area contributed by atoms with Gasteiger partial charge in [0.15, 0.2) is 0 Å². The van der Waals surface area contributed by atoms with Gasteiger partial charge >= 0.3 is 12.2 Å². The minimum Gasteiger partial charge on any atom is -0.315 e. The molecule has 0 bridgehead atoms. The highest BCUT2D eigenvalue weighted by atomic mass is 32.1. The van der Waals surface area contributed by atoms with Gasteiger partial charge in [-0.2, -0.15) is 13.2 Å². The molecular weight excluding hydrogens is 411 g/mol. The number of rotatable bonds is 3. The number of amides is 2. The molecule has 0 unspecified atom stereocenters. The number of aromatic nitrogens is 1. The molecule has 2 amide bonds. The summed E-state index contributed by atoms with van der Waals surface area (Å²) in [6.07, 6.45) is -2.74. The molecule has 8 heteroatoms. The summed E-state index contributed by atoms with van der Waals surface area (Å²) in [7, 11) is 0. The summed E-state index contributed by atoms with van der Waals surface area (Å²) in [5.74, 6) is 0. The van der Waals surface area contributed by atoms with Crippen LogP contribution in [0.15, 0.2) is 53.9 Å². The van der Waals surface area contributed by atoms with Gasteiger partial charge in [0, 0.05) is 23.2 Å². The summed E-state index contributed by atoms with van der Waals surface area (Å²) in [5, 5.41) is 5.56. The number of carbonyl (C=O) groups is 1. The molecule has 1 saturated heterocycles. The molecule has 3 aromatic rings. The third-order valence-corrected chi connectivity index (χ3v) is 6.08. The standard InChI is InChI=1S/C22H20F3N3OS/c1-14-4-6-15(7-5-14)18-13-30-20(27-18)19-3-2-12-28(19)21(29)26-17-10-8-16(9-11-17)22(23,24)25/h4-11,13,19H,2-3,12H2,1H3,(H,26,29)/t19-/m0/s1. The van der Waals surface area contributed by atoms with Crippen LogP contribution >= 0.6 is 11.3 Å². The zero-order valence-electron chi connectivity index (χ0n) is 16.2. The summed E-state index contributed by atoms with van der Waals surface area (Å²) in [5.41, 5.74) is 2.67. The molecule has 1 aliphatic heterocycles. The molecule has 1 aromatic heterocycles. The molecule has 1 N–H and O–H groups in total. The monoisotopic (exact) mass is 431 g/mol. The third kappa shape index (κ3) is 4.33. The maximum absolute atomic E-state index is 12.8. The predicted octanol–water partition coefficient (Wildman–Crippen LogP) is 6.51. The Hall–Kier alpha value is -2.87. The number of nitrogens with zero attached hydrogens (tertiary/aromatic N) is 2. The van der Waals surface area contributed by atoms with Gasteiger partial charge in [-0.15, -0.1) is 11.3 Å². The molecule has 0 saturated carbocycles. The second-order valence-corrected chi connectivity index (χ2v) is 8.18. The number of hydrogen-bond acceptors (Lipinski definition) is 3. The number of aryl methyl sites for hydroxylation is 1. The van der Waals surface area contributed by atoms with Gasteiger partial charge in [-0.05, 0) is 44.0 Å². The van der Waals surface area contributed by atoms with E-state index in [1.54, 1.807) is 4.90 Å². The Morgan fingerprint density at radius 2 is 1.83 bits per heavy atom. The Balaban J connectivity index is 1.47. The van der Waals surface area contributed by atoms with Gasteiger partial charge in [0.2, 0.25) is 0 Å². The highest BCUT2D eigenvalue weighted by molar-refractivity contribution is 7.10. The second kappa shape index (κ2) is 8.10. The molecule has 1 fully saturated rings. The van der Waals surface area contributed by atoms with Gasteiger partial charge in [-0.3, -0.25) is 0 Å². The first-order valence-electron chi connectivity index (χ1n) is 9.58. The van der Waals surface area contributed by atoms with E-state index in [0.29, 0.717) is 12.2 Å². The fraction of sp³-hybridized carbons (Fsp3) is 0.273. The van der Waals surface area contributed by atoms with E-state index in [9.17, 15) is 18.0 Å². The first-order valence-corrected chi connectivity index (χ1v) is 10.5. The van der Waals surface area contributed by atoms with E-state index >= 15 is 0 Å². The number of carbonyl (C=O) groups excluding carboxylic acids is 1. The van der Waals surface area contributed by atoms with Gasteiger partial charge in [-0.1, -0.05) is 29.8 Å². The van der Waals surface area contributed by atoms with Gasteiger partial charge in [0.05, 0.1) is 17.3 Å². The lowest BCUT2D eigenvalue weighted by Gasteiger charge is -2.23. The van der Waals surface area contributed by atoms with Crippen LogP contribution < -0.4 is 5.32 Å². The van der Waals surface area contributed by atoms with Gasteiger partial charge in [-0.25, -0.2) is 9.78 Å². The van der Waals surface area contributed by atoms with Crippen molar-refractivity contribution in [1.29, 1.82) is 0 Å². The van der Waals surface area contributed by atoms with E-state index in [-0.39, 0.29) is 12.1 Å². The predicted molar refractivity (Wildman–Crippen MR) is 111 cm³/mol. The van der Waals surface area contributed by atoms with Crippen molar-refractivity contribution in [2.45, 2.75) is 32.0 Å². The van der Waals surface area contributed by atoms with E-state index in [0.717, 1.165) is 41.2 Å². The Labute approximate surface area is 176 Å². The van der Waals surface area contributed by atoms with Crippen LogP contribution in [0.1, 0.15) is 35.0 Å². The van der Waals surface area contributed by atoms with Crippen molar-refractivity contribution in [2.24, 2.45) is 0 Å². The molecule has 0 spiro atoms. The van der Waals surface area contributed by atoms with Gasteiger partial charge in [0.25, 0.3) is 0 Å². The van der Waals surface area contributed by atoms with Gasteiger partial charge < -0.3 is 10.2 Å². The number of benzene rings is 2. The number of thiazole rings is 1. The van der Waals surface area contributed by atoms with Crippen molar-refractivity contribution in [3.05, 3.63) is 70.0 Å². The molecule has 30 heavy (non-hydrogen) atoms. The molecule has 1 aliphatic rings. The average molecular weight is 431 g/mol. The lowest BCUT2D eigenvalue weighted by atomic mass is 10.1. The van der Waals surface area contributed by atoms with Crippen LogP contribution in [0.2, 0.25) is 0 Å². The Kier molecular flexibility index (Phi) is 5.51. The van der Waals surface area contributed by atoms with Crippen LogP contribution in [0.25, 0.3) is 11.3 Å². The third-order valence-electron chi connectivity index (χ3n) is 5.13. The SMILES string of the molecule is Cc1ccc(-c2csc([C@@H]3CCCN3C(=O)Nc3ccc(C(F)(F)F)cc3)n2)cc1. The Morgan fingerprint density at radius 1 is 1.13 bits per heavy atom. The van der Waals surface area contributed by atoms with E-state index < -0.39 is 11.7 Å². The number of hydrogen-bond donors (Lipinski definition) is 1.